The minimum atomic E-state index is -1.56. The molecule has 0 unspecified atom stereocenters. The maximum atomic E-state index is 14.9. The molecule has 0 saturated carbocycles. The Morgan fingerprint density at radius 1 is 0.563 bits per heavy atom. The van der Waals surface area contributed by atoms with Gasteiger partial charge in [-0.15, -0.1) is 0 Å². The molecule has 699 valence electrons. The molecule has 36 nitrogen and oxygen atoms in total. The summed E-state index contributed by atoms with van der Waals surface area (Å²) < 4.78 is 17.2. The average molecular weight is 1800 g/mol. The van der Waals surface area contributed by atoms with Crippen molar-refractivity contribution in [2.75, 3.05) is 94.9 Å². The number of nitrogens with two attached hydrogens (primary N) is 1. The molecule has 2 heterocycles. The third kappa shape index (κ3) is 36.3. The minimum Gasteiger partial charge on any atom is -0.508 e. The molecule has 0 aromatic heterocycles. The van der Waals surface area contributed by atoms with Gasteiger partial charge in [-0.1, -0.05) is 134 Å². The summed E-state index contributed by atoms with van der Waals surface area (Å²) in [5.74, 6) is -9.96. The van der Waals surface area contributed by atoms with Gasteiger partial charge < -0.3 is 108 Å². The molecular weight excluding hydrogens is 1660 g/mol. The molecular formula is C89H137N16O20V-. The number of likely N-dealkylation sites (N-methyl/N-ethyl adjacent to an activating group) is 2. The number of ether oxygens (including phenoxy) is 3. The number of nitrogens with zero attached hydrogens (tertiary/aromatic N) is 4. The standard InChI is InChI=1S/C89H137N16O20.V/c1-14-57(6)78(103(10)87(119)76(55(2)3)101-86(118)77(56(4)5)102(8)9)70(124-12)54-75(111)104-48-26-34-69(104)79(125-13)58(7)80(112)99-66(51-59-27-17-15-18-28-59)82(114)94-46-41-72(108)96-67(52-60-29-19-16-20-30-60)85(117)98-65(33-25-45-95-89(90)122)83(115)97-64(84(116)100-68(88(120)121)53-61-35-37-62(106)38-36-61)32-22-24-44-93-81(113)63(31-21-23-43-92-71(107)42-50-123-11)91-47-49-105-73(109)39-40-74(105)110;/h15-20,27-30,35-39,55-58,63-70,76-79,91,106H,14,21-26,31-34,40-54H2,1-13H3,(H,92,107)(H,93,113)(H,94,114)(H,96,108)(H,97,115)(H,98,117)(H,99,112)(H,100,116)(H,101,118)(H,120,121)(H3,90,95,122);/q-1;/t57-,58+,63-,64-,65-,66-,67-,68-,69-,70+,76-,77-,78-,79+;/m0./s1. The number of likely N-dealkylation sites (tertiary alicyclic amines) is 2. The van der Waals surface area contributed by atoms with Crippen molar-refractivity contribution in [3.63, 3.8) is 0 Å². The van der Waals surface area contributed by atoms with E-state index in [9.17, 15) is 82.1 Å². The van der Waals surface area contributed by atoms with Gasteiger partial charge in [-0.25, -0.2) is 9.59 Å². The van der Waals surface area contributed by atoms with Crippen LogP contribution in [0.1, 0.15) is 161 Å². The number of carbonyl (C=O) groups excluding carboxylic acids is 14. The van der Waals surface area contributed by atoms with Crippen LogP contribution in [0.15, 0.2) is 84.9 Å². The molecule has 2 saturated heterocycles. The van der Waals surface area contributed by atoms with Crippen LogP contribution >= 0.6 is 0 Å². The molecule has 2 fully saturated rings. The predicted molar refractivity (Wildman–Crippen MR) is 467 cm³/mol. The van der Waals surface area contributed by atoms with Crippen LogP contribution in [-0.2, 0) is 119 Å². The number of unbranched alkanes of at least 4 members (excludes halogenated alkanes) is 2. The number of imide groups is 1. The molecule has 2 aliphatic heterocycles. The van der Waals surface area contributed by atoms with E-state index in [1.165, 1.54) is 52.0 Å². The van der Waals surface area contributed by atoms with Gasteiger partial charge in [0.2, 0.25) is 65.0 Å². The zero-order valence-corrected chi connectivity index (χ0v) is 76.7. The van der Waals surface area contributed by atoms with Crippen LogP contribution in [0.3, 0.4) is 0 Å². The van der Waals surface area contributed by atoms with Crippen LogP contribution in [0.2, 0.25) is 0 Å². The number of carboxylic acid groups (broad SMARTS) is 1. The summed E-state index contributed by atoms with van der Waals surface area (Å²) in [6.45, 7) is 13.9. The zero-order valence-electron chi connectivity index (χ0n) is 75.3. The second-order valence-corrected chi connectivity index (χ2v) is 33.1. The van der Waals surface area contributed by atoms with Crippen molar-refractivity contribution in [1.82, 2.24) is 78.1 Å². The molecule has 3 aromatic rings. The molecule has 5 rings (SSSR count). The van der Waals surface area contributed by atoms with E-state index >= 15 is 0 Å². The number of nitrogens with one attached hydrogen (secondary N) is 11. The number of primary amides is 1. The fourth-order valence-corrected chi connectivity index (χ4v) is 15.7. The van der Waals surface area contributed by atoms with Gasteiger partial charge in [0.05, 0.1) is 61.2 Å². The molecule has 15 amide bonds. The second-order valence-electron chi connectivity index (χ2n) is 33.1. The summed E-state index contributed by atoms with van der Waals surface area (Å²) in [4.78, 5) is 212. The number of rotatable bonds is 58. The van der Waals surface area contributed by atoms with E-state index in [0.717, 1.165) is 4.90 Å². The fourth-order valence-electron chi connectivity index (χ4n) is 15.7. The van der Waals surface area contributed by atoms with Gasteiger partial charge in [-0.05, 0) is 125 Å². The first-order valence-electron chi connectivity index (χ1n) is 43.5. The van der Waals surface area contributed by atoms with Crippen LogP contribution in [0.25, 0.3) is 0 Å². The Kier molecular flexibility index (Phi) is 48.7. The van der Waals surface area contributed by atoms with Crippen molar-refractivity contribution in [2.45, 2.75) is 237 Å². The van der Waals surface area contributed by atoms with E-state index in [2.05, 4.69) is 58.5 Å². The van der Waals surface area contributed by atoms with Crippen molar-refractivity contribution in [3.05, 3.63) is 108 Å². The van der Waals surface area contributed by atoms with Crippen LogP contribution in [0.5, 0.6) is 5.75 Å². The summed E-state index contributed by atoms with van der Waals surface area (Å²) >= 11 is 0. The maximum absolute atomic E-state index is 14.9. The van der Waals surface area contributed by atoms with Crippen molar-refractivity contribution < 1.29 is 115 Å². The van der Waals surface area contributed by atoms with E-state index in [1.54, 1.807) is 84.4 Å². The molecule has 37 heteroatoms. The molecule has 0 spiro atoms. The van der Waals surface area contributed by atoms with Crippen LogP contribution in [-0.4, -0.2) is 286 Å². The summed E-state index contributed by atoms with van der Waals surface area (Å²) in [7, 11) is 9.74. The number of benzene rings is 3. The summed E-state index contributed by atoms with van der Waals surface area (Å²) in [6.07, 6.45) is 1.87. The van der Waals surface area contributed by atoms with Crippen molar-refractivity contribution >= 4 is 88.8 Å². The van der Waals surface area contributed by atoms with Crippen molar-refractivity contribution in [3.8, 4) is 5.75 Å². The number of aromatic hydroxyl groups is 1. The Morgan fingerprint density at radius 2 is 1.09 bits per heavy atom. The minimum absolute atomic E-state index is 0. The first-order valence-corrected chi connectivity index (χ1v) is 43.5. The molecule has 126 heavy (non-hydrogen) atoms. The van der Waals surface area contributed by atoms with E-state index in [4.69, 9.17) is 19.9 Å². The quantitative estimate of drug-likeness (QED) is 0.0218. The third-order valence-corrected chi connectivity index (χ3v) is 22.7. The van der Waals surface area contributed by atoms with Crippen molar-refractivity contribution in [2.24, 2.45) is 29.4 Å². The van der Waals surface area contributed by atoms with Crippen LogP contribution < -0.4 is 64.2 Å². The summed E-state index contributed by atoms with van der Waals surface area (Å²) in [5.41, 5.74) is 7.09. The number of hydrogen-bond acceptors (Lipinski definition) is 21. The van der Waals surface area contributed by atoms with Gasteiger partial charge in [0.25, 0.3) is 0 Å². The van der Waals surface area contributed by atoms with E-state index in [0.29, 0.717) is 68.3 Å². The number of phenols is 1. The topological polar surface area (TPSA) is 496 Å². The maximum Gasteiger partial charge on any atom is 0.326 e. The van der Waals surface area contributed by atoms with Crippen molar-refractivity contribution in [1.29, 1.82) is 0 Å². The van der Waals surface area contributed by atoms with Gasteiger partial charge in [-0.3, -0.25) is 68.9 Å². The number of amides is 15. The van der Waals surface area contributed by atoms with Crippen LogP contribution in [0.4, 0.5) is 4.79 Å². The number of methoxy groups -OCH3 is 3. The largest absolute Gasteiger partial charge is 0.508 e. The number of phenolic OH excluding ortho intramolecular Hbond substituents is 1. The fraction of sp³-hybridized carbons (Fsp3) is 0.618. The van der Waals surface area contributed by atoms with Gasteiger partial charge >= 0.3 is 12.0 Å². The number of carboxylic acids is 1. The molecule has 15 N–H and O–H groups in total. The molecule has 0 bridgehead atoms. The number of hydrogen-bond donors (Lipinski definition) is 14. The number of aliphatic carboxylic acids is 1. The Hall–Kier alpha value is -10.2. The molecule has 1 radical (unpaired) electrons. The summed E-state index contributed by atoms with van der Waals surface area (Å²) in [5, 5.41) is 51.0. The first kappa shape index (κ1) is 108. The van der Waals surface area contributed by atoms with Gasteiger partial charge in [0, 0.05) is 125 Å². The van der Waals surface area contributed by atoms with E-state index in [1.807, 2.05) is 60.5 Å². The zero-order chi connectivity index (χ0) is 92.4. The van der Waals surface area contributed by atoms with Gasteiger partial charge in [0.1, 0.15) is 42.0 Å². The van der Waals surface area contributed by atoms with E-state index < -0.39 is 144 Å². The molecule has 0 aliphatic carbocycles. The predicted octanol–water partition coefficient (Wildman–Crippen LogP) is 2.06. The smallest absolute Gasteiger partial charge is 0.326 e. The van der Waals surface area contributed by atoms with Gasteiger partial charge in [-0.2, -0.15) is 0 Å². The Bertz CT molecular complexity index is 3960. The monoisotopic (exact) mass is 1800 g/mol. The Balaban J connectivity index is 0.0000333. The molecule has 3 aromatic carbocycles. The SMILES string of the molecule is CC[C@H](C)[C@@H]([C@@H](CC(=O)N1CCC[C@H]1[C@H](OC)[C@@H](C)C(=O)N[C@@H](Cc1ccccc1)C(=O)NCCC(=O)N[C@@H](Cc1ccccc1)C(=O)N[C@@H](CCCNC(N)=O)C(=O)N[C@@H](CCCCNC(=O)[C@H](CCCCNC(=O)CCOC)NCCN1C(=O)[CH-]CC1=O)C(=O)N[C@@H](Cc1ccc(O)cc1)C(=O)O)OC)N(C)C(=O)[C@@H](NC(=O)[C@H](C(C)C)N(C)C)C(C)C.[V]. The Labute approximate surface area is 752 Å². The number of urea groups is 1. The summed E-state index contributed by atoms with van der Waals surface area (Å²) in [6, 6.07) is 11.7. The Morgan fingerprint density at radius 3 is 1.62 bits per heavy atom. The van der Waals surface area contributed by atoms with E-state index in [-0.39, 0.29) is 182 Å². The van der Waals surface area contributed by atoms with Crippen LogP contribution in [0, 0.1) is 30.1 Å². The second kappa shape index (κ2) is 56.8. The molecule has 2 aliphatic rings. The molecule has 14 atom stereocenters. The van der Waals surface area contributed by atoms with Gasteiger partial charge in [0.15, 0.2) is 5.91 Å². The average Bonchev–Trinajstić information content (AvgIpc) is 1.62. The third-order valence-electron chi connectivity index (χ3n) is 22.7. The number of carbonyl (C=O) groups is 15. The normalized spacial score (nSPS) is 16.3. The first-order chi connectivity index (χ1) is 59.5.